The number of hydrogen-bond donors (Lipinski definition) is 1. The van der Waals surface area contributed by atoms with Gasteiger partial charge in [0, 0.05) is 17.5 Å². The molecule has 1 aromatic rings. The van der Waals surface area contributed by atoms with Gasteiger partial charge in [0.25, 0.3) is 0 Å². The molecule has 0 radical (unpaired) electrons. The van der Waals surface area contributed by atoms with Crippen LogP contribution >= 0.6 is 11.8 Å². The summed E-state index contributed by atoms with van der Waals surface area (Å²) in [6, 6.07) is 9.59. The Bertz CT molecular complexity index is 307. The minimum Gasteiger partial charge on any atom is -0.310 e. The van der Waals surface area contributed by atoms with Crippen LogP contribution in [-0.4, -0.2) is 12.3 Å². The average Bonchev–Trinajstić information content (AvgIpc) is 2.42. The van der Waals surface area contributed by atoms with E-state index in [0.29, 0.717) is 6.04 Å². The molecule has 0 spiro atoms. The molecule has 102 valence electrons. The van der Waals surface area contributed by atoms with Gasteiger partial charge in [-0.1, -0.05) is 45.2 Å². The molecule has 0 heterocycles. The maximum absolute atomic E-state index is 3.70. The van der Waals surface area contributed by atoms with Crippen LogP contribution in [0.2, 0.25) is 0 Å². The molecule has 1 atom stereocenters. The quantitative estimate of drug-likeness (QED) is 0.640. The van der Waals surface area contributed by atoms with Gasteiger partial charge >= 0.3 is 0 Å². The number of unbranched alkanes of at least 4 members (excludes halogenated alkanes) is 1. The number of thioether (sulfide) groups is 1. The molecule has 1 rings (SSSR count). The van der Waals surface area contributed by atoms with Gasteiger partial charge < -0.3 is 5.32 Å². The van der Waals surface area contributed by atoms with Crippen molar-refractivity contribution in [1.82, 2.24) is 5.32 Å². The molecular formula is C16H27NS. The fourth-order valence-corrected chi connectivity index (χ4v) is 2.56. The van der Waals surface area contributed by atoms with Crippen molar-refractivity contribution in [2.45, 2.75) is 63.4 Å². The third-order valence-electron chi connectivity index (χ3n) is 3.30. The average molecular weight is 265 g/mol. The van der Waals surface area contributed by atoms with E-state index < -0.39 is 0 Å². The summed E-state index contributed by atoms with van der Waals surface area (Å²) in [5.74, 6) is 0. The van der Waals surface area contributed by atoms with Crippen molar-refractivity contribution in [3.8, 4) is 0 Å². The van der Waals surface area contributed by atoms with Crippen molar-refractivity contribution in [2.75, 3.05) is 6.26 Å². The predicted octanol–water partition coefficient (Wildman–Crippen LogP) is 4.86. The Morgan fingerprint density at radius 1 is 1.06 bits per heavy atom. The normalized spacial score (nSPS) is 12.6. The molecule has 0 aliphatic heterocycles. The topological polar surface area (TPSA) is 12.0 Å². The molecule has 0 aliphatic rings. The van der Waals surface area contributed by atoms with Gasteiger partial charge in [-0.05, 0) is 36.8 Å². The minimum atomic E-state index is 0.690. The second-order valence-electron chi connectivity index (χ2n) is 4.86. The van der Waals surface area contributed by atoms with Crippen LogP contribution in [0.15, 0.2) is 29.2 Å². The lowest BCUT2D eigenvalue weighted by Crippen LogP contribution is -2.28. The van der Waals surface area contributed by atoms with E-state index in [1.807, 2.05) is 0 Å². The maximum Gasteiger partial charge on any atom is 0.0208 e. The summed E-state index contributed by atoms with van der Waals surface area (Å²) in [5, 5.41) is 3.70. The molecule has 0 aromatic heterocycles. The monoisotopic (exact) mass is 265 g/mol. The van der Waals surface area contributed by atoms with Crippen molar-refractivity contribution >= 4 is 11.8 Å². The molecule has 0 bridgehead atoms. The molecule has 0 amide bonds. The Balaban J connectivity index is 2.39. The molecule has 0 fully saturated rings. The zero-order chi connectivity index (χ0) is 13.2. The van der Waals surface area contributed by atoms with E-state index in [0.717, 1.165) is 6.54 Å². The molecular weight excluding hydrogens is 238 g/mol. The van der Waals surface area contributed by atoms with Crippen molar-refractivity contribution in [2.24, 2.45) is 0 Å². The summed E-state index contributed by atoms with van der Waals surface area (Å²) in [6.07, 6.45) is 8.63. The van der Waals surface area contributed by atoms with Gasteiger partial charge in [0.1, 0.15) is 0 Å². The Morgan fingerprint density at radius 3 is 2.33 bits per heavy atom. The van der Waals surface area contributed by atoms with Crippen LogP contribution in [0.25, 0.3) is 0 Å². The summed E-state index contributed by atoms with van der Waals surface area (Å²) in [7, 11) is 0. The number of hydrogen-bond acceptors (Lipinski definition) is 2. The first-order valence-electron chi connectivity index (χ1n) is 7.16. The van der Waals surface area contributed by atoms with Gasteiger partial charge in [-0.15, -0.1) is 11.8 Å². The molecule has 0 saturated heterocycles. The maximum atomic E-state index is 3.70. The minimum absolute atomic E-state index is 0.690. The predicted molar refractivity (Wildman–Crippen MR) is 83.3 cm³/mol. The number of nitrogens with one attached hydrogen (secondary N) is 1. The molecule has 18 heavy (non-hydrogen) atoms. The van der Waals surface area contributed by atoms with Gasteiger partial charge in [-0.25, -0.2) is 0 Å². The fourth-order valence-electron chi connectivity index (χ4n) is 2.15. The van der Waals surface area contributed by atoms with Gasteiger partial charge in [-0.3, -0.25) is 0 Å². The SMILES string of the molecule is CCCCC(CCC)NCc1ccc(SC)cc1. The third kappa shape index (κ3) is 5.92. The molecule has 1 unspecified atom stereocenters. The number of benzene rings is 1. The second kappa shape index (κ2) is 9.46. The van der Waals surface area contributed by atoms with Crippen molar-refractivity contribution in [3.63, 3.8) is 0 Å². The zero-order valence-electron chi connectivity index (χ0n) is 12.0. The molecule has 1 aromatic carbocycles. The van der Waals surface area contributed by atoms with E-state index in [1.54, 1.807) is 11.8 Å². The first-order valence-corrected chi connectivity index (χ1v) is 8.38. The Kier molecular flexibility index (Phi) is 8.19. The largest absolute Gasteiger partial charge is 0.310 e. The molecule has 1 N–H and O–H groups in total. The van der Waals surface area contributed by atoms with E-state index in [1.165, 1.54) is 42.6 Å². The van der Waals surface area contributed by atoms with Gasteiger partial charge in [0.15, 0.2) is 0 Å². The summed E-state index contributed by atoms with van der Waals surface area (Å²) >= 11 is 1.80. The molecule has 0 saturated carbocycles. The van der Waals surface area contributed by atoms with Gasteiger partial charge in [0.05, 0.1) is 0 Å². The first kappa shape index (κ1) is 15.6. The molecule has 0 aliphatic carbocycles. The highest BCUT2D eigenvalue weighted by molar-refractivity contribution is 7.98. The van der Waals surface area contributed by atoms with E-state index >= 15 is 0 Å². The van der Waals surface area contributed by atoms with Crippen LogP contribution in [-0.2, 0) is 6.54 Å². The van der Waals surface area contributed by atoms with Gasteiger partial charge in [-0.2, -0.15) is 0 Å². The van der Waals surface area contributed by atoms with E-state index in [-0.39, 0.29) is 0 Å². The zero-order valence-corrected chi connectivity index (χ0v) is 12.9. The first-order chi connectivity index (χ1) is 8.80. The number of rotatable bonds is 9. The third-order valence-corrected chi connectivity index (χ3v) is 4.04. The van der Waals surface area contributed by atoms with Crippen molar-refractivity contribution in [3.05, 3.63) is 29.8 Å². The van der Waals surface area contributed by atoms with Crippen LogP contribution < -0.4 is 5.32 Å². The molecule has 1 nitrogen and oxygen atoms in total. The second-order valence-corrected chi connectivity index (χ2v) is 5.74. The fraction of sp³-hybridized carbons (Fsp3) is 0.625. The highest BCUT2D eigenvalue weighted by Gasteiger charge is 2.06. The van der Waals surface area contributed by atoms with Crippen molar-refractivity contribution < 1.29 is 0 Å². The standard InChI is InChI=1S/C16H27NS/c1-4-6-8-15(7-5-2)17-13-14-9-11-16(18-3)12-10-14/h9-12,15,17H,4-8,13H2,1-3H3. The smallest absolute Gasteiger partial charge is 0.0208 e. The van der Waals surface area contributed by atoms with Crippen LogP contribution in [0.5, 0.6) is 0 Å². The lowest BCUT2D eigenvalue weighted by Gasteiger charge is -2.18. The Morgan fingerprint density at radius 2 is 1.78 bits per heavy atom. The summed E-state index contributed by atoms with van der Waals surface area (Å²) in [6.45, 7) is 5.54. The summed E-state index contributed by atoms with van der Waals surface area (Å²) < 4.78 is 0. The van der Waals surface area contributed by atoms with Gasteiger partial charge in [0.2, 0.25) is 0 Å². The van der Waals surface area contributed by atoms with Crippen molar-refractivity contribution in [1.29, 1.82) is 0 Å². The highest BCUT2D eigenvalue weighted by atomic mass is 32.2. The van der Waals surface area contributed by atoms with E-state index in [4.69, 9.17) is 0 Å². The van der Waals surface area contributed by atoms with E-state index in [9.17, 15) is 0 Å². The van der Waals surface area contributed by atoms with Crippen LogP contribution in [0.1, 0.15) is 51.5 Å². The highest BCUT2D eigenvalue weighted by Crippen LogP contribution is 2.15. The lowest BCUT2D eigenvalue weighted by atomic mass is 10.0. The lowest BCUT2D eigenvalue weighted by molar-refractivity contribution is 0.434. The summed E-state index contributed by atoms with van der Waals surface area (Å²) in [4.78, 5) is 1.34. The Hall–Kier alpha value is -0.470. The molecule has 2 heteroatoms. The van der Waals surface area contributed by atoms with Crippen LogP contribution in [0.4, 0.5) is 0 Å². The van der Waals surface area contributed by atoms with Crippen LogP contribution in [0.3, 0.4) is 0 Å². The van der Waals surface area contributed by atoms with Crippen LogP contribution in [0, 0.1) is 0 Å². The Labute approximate surface area is 117 Å². The van der Waals surface area contributed by atoms with E-state index in [2.05, 4.69) is 49.7 Å². The summed E-state index contributed by atoms with van der Waals surface area (Å²) in [5.41, 5.74) is 1.39.